The van der Waals surface area contributed by atoms with Gasteiger partial charge < -0.3 is 10.1 Å². The number of aryl methyl sites for hydroxylation is 1. The summed E-state index contributed by atoms with van der Waals surface area (Å²) in [7, 11) is 0. The second-order valence-corrected chi connectivity index (χ2v) is 8.04. The first-order chi connectivity index (χ1) is 16.9. The summed E-state index contributed by atoms with van der Waals surface area (Å²) in [5.41, 5.74) is 2.29. The molecular weight excluding hydrogens is 476 g/mol. The Kier molecular flexibility index (Phi) is 5.84. The minimum Gasteiger partial charge on any atom is -0.454 e. The van der Waals surface area contributed by atoms with Crippen molar-refractivity contribution in [2.45, 2.75) is 6.92 Å². The maximum atomic E-state index is 14.7. The lowest BCUT2D eigenvalue weighted by atomic mass is 10.2. The number of amides is 1. The molecule has 7 nitrogen and oxygen atoms in total. The van der Waals surface area contributed by atoms with Crippen LogP contribution in [0.3, 0.4) is 0 Å². The van der Waals surface area contributed by atoms with Gasteiger partial charge in [-0.25, -0.2) is 18.7 Å². The third-order valence-electron chi connectivity index (χ3n) is 5.08. The molecule has 0 aliphatic heterocycles. The van der Waals surface area contributed by atoms with E-state index >= 15 is 0 Å². The third kappa shape index (κ3) is 4.80. The minimum absolute atomic E-state index is 0.0470. The number of benzene rings is 3. The molecule has 0 atom stereocenters. The fraction of sp³-hybridized carbons (Fsp3) is 0.0400. The first kappa shape index (κ1) is 22.4. The second-order valence-electron chi connectivity index (χ2n) is 7.63. The number of carbonyl (C=O) groups excluding carboxylic acids is 1. The molecule has 10 heteroatoms. The van der Waals surface area contributed by atoms with Crippen molar-refractivity contribution in [3.8, 4) is 17.3 Å². The Hall–Kier alpha value is -4.37. The van der Waals surface area contributed by atoms with Crippen LogP contribution < -0.4 is 10.1 Å². The summed E-state index contributed by atoms with van der Waals surface area (Å²) in [6, 6.07) is 12.7. The number of nitrogens with one attached hydrogen (secondary N) is 1. The topological polar surface area (TPSA) is 81.9 Å². The lowest BCUT2D eigenvalue weighted by molar-refractivity contribution is 0.102. The van der Waals surface area contributed by atoms with Gasteiger partial charge in [-0.05, 0) is 49.4 Å². The monoisotopic (exact) mass is 491 g/mol. The van der Waals surface area contributed by atoms with Crippen LogP contribution in [0.5, 0.6) is 11.5 Å². The molecule has 0 aliphatic carbocycles. The predicted molar refractivity (Wildman–Crippen MR) is 127 cm³/mol. The molecule has 3 aromatic carbocycles. The van der Waals surface area contributed by atoms with E-state index in [9.17, 15) is 13.6 Å². The summed E-state index contributed by atoms with van der Waals surface area (Å²) in [4.78, 5) is 25.5. The molecule has 35 heavy (non-hydrogen) atoms. The van der Waals surface area contributed by atoms with Crippen LogP contribution in [0.15, 0.2) is 73.3 Å². The van der Waals surface area contributed by atoms with E-state index in [0.717, 1.165) is 17.8 Å². The molecule has 1 amide bonds. The Labute approximate surface area is 203 Å². The molecule has 2 aromatic heterocycles. The van der Waals surface area contributed by atoms with Gasteiger partial charge >= 0.3 is 0 Å². The van der Waals surface area contributed by atoms with Crippen molar-refractivity contribution in [1.82, 2.24) is 19.5 Å². The molecule has 0 spiro atoms. The number of imidazole rings is 1. The molecule has 0 saturated carbocycles. The number of hydrogen-bond donors (Lipinski definition) is 1. The predicted octanol–water partition coefficient (Wildman–Crippen LogP) is 6.10. The number of hydrogen-bond acceptors (Lipinski definition) is 5. The zero-order chi connectivity index (χ0) is 24.5. The largest absolute Gasteiger partial charge is 0.454 e. The smallest absolute Gasteiger partial charge is 0.255 e. The van der Waals surface area contributed by atoms with Crippen molar-refractivity contribution in [2.24, 2.45) is 0 Å². The van der Waals surface area contributed by atoms with Crippen molar-refractivity contribution in [2.75, 3.05) is 5.32 Å². The van der Waals surface area contributed by atoms with E-state index in [4.69, 9.17) is 16.3 Å². The second kappa shape index (κ2) is 9.11. The zero-order valence-corrected chi connectivity index (χ0v) is 18.9. The summed E-state index contributed by atoms with van der Waals surface area (Å²) in [5, 5.41) is 2.42. The molecule has 0 bridgehead atoms. The molecule has 0 fully saturated rings. The van der Waals surface area contributed by atoms with E-state index in [1.165, 1.54) is 24.3 Å². The first-order valence-corrected chi connectivity index (χ1v) is 10.7. The van der Waals surface area contributed by atoms with E-state index in [0.29, 0.717) is 22.6 Å². The Morgan fingerprint density at radius 2 is 1.86 bits per heavy atom. The van der Waals surface area contributed by atoms with Gasteiger partial charge in [-0.2, -0.15) is 0 Å². The highest BCUT2D eigenvalue weighted by Gasteiger charge is 2.12. The lowest BCUT2D eigenvalue weighted by Crippen LogP contribution is -2.12. The molecule has 174 valence electrons. The number of rotatable bonds is 5. The Morgan fingerprint density at radius 1 is 1.00 bits per heavy atom. The molecule has 0 radical (unpaired) electrons. The normalized spacial score (nSPS) is 11.0. The molecular formula is C25H16ClF2N5O2. The standard InChI is InChI=1S/C25H16ClF2N5O2/c1-14-12-33(13-30-14)24-11-29-21-6-4-17(10-22(21)32-24)35-23-7-3-16(9-20(23)28)31-25(34)15-2-5-18(26)19(27)8-15/h2-13H,1H3,(H,31,34). The zero-order valence-electron chi connectivity index (χ0n) is 18.2. The SMILES string of the molecule is Cc1cn(-c2cnc3ccc(Oc4ccc(NC(=O)c5ccc(Cl)c(F)c5)cc4F)cc3n2)cn1. The van der Waals surface area contributed by atoms with Gasteiger partial charge in [-0.3, -0.25) is 14.3 Å². The van der Waals surface area contributed by atoms with Gasteiger partial charge in [0.15, 0.2) is 17.4 Å². The summed E-state index contributed by atoms with van der Waals surface area (Å²) in [6.45, 7) is 1.87. The van der Waals surface area contributed by atoms with Crippen molar-refractivity contribution >= 4 is 34.2 Å². The van der Waals surface area contributed by atoms with Gasteiger partial charge in [0, 0.05) is 29.6 Å². The molecule has 0 unspecified atom stereocenters. The van der Waals surface area contributed by atoms with Crippen LogP contribution in [-0.2, 0) is 0 Å². The van der Waals surface area contributed by atoms with Crippen molar-refractivity contribution in [1.29, 1.82) is 0 Å². The number of anilines is 1. The molecule has 2 heterocycles. The van der Waals surface area contributed by atoms with E-state index in [2.05, 4.69) is 20.3 Å². The average Bonchev–Trinajstić information content (AvgIpc) is 3.28. The van der Waals surface area contributed by atoms with E-state index in [-0.39, 0.29) is 22.0 Å². The fourth-order valence-corrected chi connectivity index (χ4v) is 3.46. The van der Waals surface area contributed by atoms with Crippen LogP contribution >= 0.6 is 11.6 Å². The third-order valence-corrected chi connectivity index (χ3v) is 5.38. The van der Waals surface area contributed by atoms with Crippen LogP contribution in [0.2, 0.25) is 5.02 Å². The van der Waals surface area contributed by atoms with Crippen LogP contribution in [0.4, 0.5) is 14.5 Å². The number of ether oxygens (including phenoxy) is 1. The van der Waals surface area contributed by atoms with Crippen molar-refractivity contribution in [3.63, 3.8) is 0 Å². The Balaban J connectivity index is 1.34. The van der Waals surface area contributed by atoms with Crippen LogP contribution in [0.1, 0.15) is 16.1 Å². The highest BCUT2D eigenvalue weighted by molar-refractivity contribution is 6.30. The summed E-state index contributed by atoms with van der Waals surface area (Å²) < 4.78 is 35.8. The highest BCUT2D eigenvalue weighted by atomic mass is 35.5. The maximum Gasteiger partial charge on any atom is 0.255 e. The molecule has 1 N–H and O–H groups in total. The van der Waals surface area contributed by atoms with Gasteiger partial charge in [-0.1, -0.05) is 11.6 Å². The molecule has 0 aliphatic rings. The summed E-state index contributed by atoms with van der Waals surface area (Å²) >= 11 is 5.64. The first-order valence-electron chi connectivity index (χ1n) is 10.4. The Bertz CT molecular complexity index is 1590. The van der Waals surface area contributed by atoms with Gasteiger partial charge in [0.25, 0.3) is 5.91 Å². The van der Waals surface area contributed by atoms with Crippen molar-refractivity contribution < 1.29 is 18.3 Å². The van der Waals surface area contributed by atoms with Crippen LogP contribution in [0.25, 0.3) is 16.9 Å². The van der Waals surface area contributed by atoms with Crippen LogP contribution in [0, 0.1) is 18.6 Å². The molecule has 5 aromatic rings. The minimum atomic E-state index is -0.721. The number of aromatic nitrogens is 4. The Morgan fingerprint density at radius 3 is 2.60 bits per heavy atom. The van der Waals surface area contributed by atoms with Gasteiger partial charge in [0.1, 0.15) is 17.9 Å². The lowest BCUT2D eigenvalue weighted by Gasteiger charge is -2.10. The van der Waals surface area contributed by atoms with Crippen molar-refractivity contribution in [3.05, 3.63) is 101 Å². The number of halogens is 3. The number of fused-ring (bicyclic) bond motifs is 1. The highest BCUT2D eigenvalue weighted by Crippen LogP contribution is 2.29. The molecule has 5 rings (SSSR count). The average molecular weight is 492 g/mol. The molecule has 0 saturated heterocycles. The quantitative estimate of drug-likeness (QED) is 0.321. The van der Waals surface area contributed by atoms with E-state index in [1.54, 1.807) is 35.3 Å². The van der Waals surface area contributed by atoms with E-state index in [1.807, 2.05) is 13.1 Å². The maximum absolute atomic E-state index is 14.7. The summed E-state index contributed by atoms with van der Waals surface area (Å²) in [6.07, 6.45) is 5.11. The summed E-state index contributed by atoms with van der Waals surface area (Å²) in [5.74, 6) is -1.12. The van der Waals surface area contributed by atoms with Gasteiger partial charge in [0.05, 0.1) is 27.9 Å². The van der Waals surface area contributed by atoms with Crippen LogP contribution in [-0.4, -0.2) is 25.4 Å². The fourth-order valence-electron chi connectivity index (χ4n) is 3.34. The number of carbonyl (C=O) groups is 1. The van der Waals surface area contributed by atoms with Gasteiger partial charge in [0.2, 0.25) is 0 Å². The van der Waals surface area contributed by atoms with Gasteiger partial charge in [-0.15, -0.1) is 0 Å². The van der Waals surface area contributed by atoms with E-state index < -0.39 is 17.5 Å². The number of nitrogens with zero attached hydrogens (tertiary/aromatic N) is 4.